The van der Waals surface area contributed by atoms with Crippen LogP contribution in [0.3, 0.4) is 0 Å². The monoisotopic (exact) mass is 224 g/mol. The van der Waals surface area contributed by atoms with Gasteiger partial charge in [-0.3, -0.25) is 0 Å². The Bertz CT molecular complexity index is 209. The van der Waals surface area contributed by atoms with Gasteiger partial charge in [-0.1, -0.05) is 13.8 Å². The minimum atomic E-state index is 0.501. The Hall–Kier alpha value is -0.0800. The maximum Gasteiger partial charge on any atom is 0.0182 e. The predicted molar refractivity (Wildman–Crippen MR) is 69.7 cm³/mol. The third kappa shape index (κ3) is 2.78. The summed E-state index contributed by atoms with van der Waals surface area (Å²) in [5, 5.41) is 3.78. The predicted octanol–water partition coefficient (Wildman–Crippen LogP) is 2.64. The fraction of sp³-hybridized carbons (Fsp3) is 1.00. The minimum Gasteiger partial charge on any atom is -0.311 e. The van der Waals surface area contributed by atoms with Gasteiger partial charge in [0.1, 0.15) is 0 Å². The molecule has 2 nitrogen and oxygen atoms in total. The second kappa shape index (κ2) is 5.50. The van der Waals surface area contributed by atoms with Crippen molar-refractivity contribution < 1.29 is 0 Å². The van der Waals surface area contributed by atoms with Gasteiger partial charge in [0.25, 0.3) is 0 Å². The molecule has 0 aliphatic carbocycles. The first-order chi connectivity index (χ1) is 7.78. The molecule has 0 amide bonds. The molecule has 0 radical (unpaired) electrons. The lowest BCUT2D eigenvalue weighted by atomic mass is 9.80. The SMILES string of the molecule is CCN1CCCC(CC2(CC)CCCN2)C1. The second-order valence-corrected chi connectivity index (χ2v) is 5.77. The summed E-state index contributed by atoms with van der Waals surface area (Å²) in [7, 11) is 0. The second-order valence-electron chi connectivity index (χ2n) is 5.77. The van der Waals surface area contributed by atoms with E-state index in [2.05, 4.69) is 24.1 Å². The molecule has 0 bridgehead atoms. The van der Waals surface area contributed by atoms with Gasteiger partial charge in [-0.15, -0.1) is 0 Å². The zero-order chi connectivity index (χ0) is 11.4. The molecule has 0 aromatic heterocycles. The number of nitrogens with one attached hydrogen (secondary N) is 1. The van der Waals surface area contributed by atoms with Gasteiger partial charge in [0, 0.05) is 12.1 Å². The lowest BCUT2D eigenvalue weighted by molar-refractivity contribution is 0.146. The van der Waals surface area contributed by atoms with Crippen LogP contribution in [0.2, 0.25) is 0 Å². The van der Waals surface area contributed by atoms with E-state index in [9.17, 15) is 0 Å². The largest absolute Gasteiger partial charge is 0.311 e. The van der Waals surface area contributed by atoms with Gasteiger partial charge in [0.2, 0.25) is 0 Å². The van der Waals surface area contributed by atoms with Crippen molar-refractivity contribution in [2.45, 2.75) is 57.9 Å². The Labute approximate surface area is 101 Å². The molecule has 0 aromatic carbocycles. The molecule has 0 saturated carbocycles. The van der Waals surface area contributed by atoms with E-state index in [4.69, 9.17) is 0 Å². The van der Waals surface area contributed by atoms with E-state index >= 15 is 0 Å². The molecule has 1 N–H and O–H groups in total. The summed E-state index contributed by atoms with van der Waals surface area (Å²) < 4.78 is 0. The van der Waals surface area contributed by atoms with Crippen molar-refractivity contribution >= 4 is 0 Å². The Morgan fingerprint density at radius 1 is 1.31 bits per heavy atom. The fourth-order valence-electron chi connectivity index (χ4n) is 3.65. The molecule has 0 aromatic rings. The smallest absolute Gasteiger partial charge is 0.0182 e. The summed E-state index contributed by atoms with van der Waals surface area (Å²) in [4.78, 5) is 2.63. The molecule has 2 heteroatoms. The highest BCUT2D eigenvalue weighted by Crippen LogP contribution is 2.33. The van der Waals surface area contributed by atoms with Gasteiger partial charge < -0.3 is 10.2 Å². The van der Waals surface area contributed by atoms with Crippen LogP contribution in [-0.4, -0.2) is 36.6 Å². The molecular weight excluding hydrogens is 196 g/mol. The van der Waals surface area contributed by atoms with E-state index in [1.807, 2.05) is 0 Å². The van der Waals surface area contributed by atoms with Crippen LogP contribution in [0.15, 0.2) is 0 Å². The molecule has 2 heterocycles. The van der Waals surface area contributed by atoms with Gasteiger partial charge in [-0.05, 0) is 64.1 Å². The first-order valence-corrected chi connectivity index (χ1v) is 7.25. The Balaban J connectivity index is 1.87. The van der Waals surface area contributed by atoms with Crippen LogP contribution in [0.1, 0.15) is 52.4 Å². The van der Waals surface area contributed by atoms with Gasteiger partial charge in [-0.25, -0.2) is 0 Å². The molecule has 2 unspecified atom stereocenters. The third-order valence-corrected chi connectivity index (χ3v) is 4.74. The Morgan fingerprint density at radius 3 is 2.81 bits per heavy atom. The van der Waals surface area contributed by atoms with Gasteiger partial charge >= 0.3 is 0 Å². The Kier molecular flexibility index (Phi) is 4.26. The van der Waals surface area contributed by atoms with Crippen LogP contribution >= 0.6 is 0 Å². The van der Waals surface area contributed by atoms with Crippen molar-refractivity contribution in [2.24, 2.45) is 5.92 Å². The number of rotatable bonds is 4. The van der Waals surface area contributed by atoms with Crippen LogP contribution in [0.25, 0.3) is 0 Å². The third-order valence-electron chi connectivity index (χ3n) is 4.74. The summed E-state index contributed by atoms with van der Waals surface area (Å²) in [6, 6.07) is 0. The van der Waals surface area contributed by atoms with E-state index < -0.39 is 0 Å². The highest BCUT2D eigenvalue weighted by atomic mass is 15.1. The Morgan fingerprint density at radius 2 is 2.19 bits per heavy atom. The van der Waals surface area contributed by atoms with Crippen LogP contribution in [0.5, 0.6) is 0 Å². The highest BCUT2D eigenvalue weighted by molar-refractivity contribution is 4.94. The van der Waals surface area contributed by atoms with Gasteiger partial charge in [0.05, 0.1) is 0 Å². The first kappa shape index (κ1) is 12.4. The van der Waals surface area contributed by atoms with Crippen molar-refractivity contribution in [1.82, 2.24) is 10.2 Å². The van der Waals surface area contributed by atoms with Crippen molar-refractivity contribution in [3.05, 3.63) is 0 Å². The number of hydrogen-bond acceptors (Lipinski definition) is 2. The maximum atomic E-state index is 3.78. The molecule has 94 valence electrons. The van der Waals surface area contributed by atoms with Crippen molar-refractivity contribution in [3.63, 3.8) is 0 Å². The van der Waals surface area contributed by atoms with E-state index in [0.29, 0.717) is 5.54 Å². The number of nitrogens with zero attached hydrogens (tertiary/aromatic N) is 1. The normalized spacial score (nSPS) is 36.8. The summed E-state index contributed by atoms with van der Waals surface area (Å²) in [5.41, 5.74) is 0.501. The van der Waals surface area contributed by atoms with Gasteiger partial charge in [-0.2, -0.15) is 0 Å². The number of piperidine rings is 1. The van der Waals surface area contributed by atoms with Crippen LogP contribution < -0.4 is 5.32 Å². The summed E-state index contributed by atoms with van der Waals surface area (Å²) in [6.45, 7) is 9.82. The van der Waals surface area contributed by atoms with Crippen LogP contribution in [-0.2, 0) is 0 Å². The van der Waals surface area contributed by atoms with Crippen LogP contribution in [0.4, 0.5) is 0 Å². The van der Waals surface area contributed by atoms with Gasteiger partial charge in [0.15, 0.2) is 0 Å². The van der Waals surface area contributed by atoms with E-state index in [1.165, 1.54) is 64.7 Å². The average molecular weight is 224 g/mol. The number of hydrogen-bond donors (Lipinski definition) is 1. The lowest BCUT2D eigenvalue weighted by Crippen LogP contribution is -2.44. The van der Waals surface area contributed by atoms with E-state index in [0.717, 1.165) is 5.92 Å². The fourth-order valence-corrected chi connectivity index (χ4v) is 3.65. The molecule has 16 heavy (non-hydrogen) atoms. The molecule has 2 fully saturated rings. The maximum absolute atomic E-state index is 3.78. The molecule has 2 saturated heterocycles. The average Bonchev–Trinajstić information content (AvgIpc) is 2.78. The van der Waals surface area contributed by atoms with Crippen molar-refractivity contribution in [2.75, 3.05) is 26.2 Å². The van der Waals surface area contributed by atoms with E-state index in [-0.39, 0.29) is 0 Å². The molecule has 2 aliphatic rings. The summed E-state index contributed by atoms with van der Waals surface area (Å²) >= 11 is 0. The standard InChI is InChI=1S/C14H28N2/c1-3-14(8-6-9-15-14)11-13-7-5-10-16(4-2)12-13/h13,15H,3-12H2,1-2H3. The number of likely N-dealkylation sites (tertiary alicyclic amines) is 1. The molecule has 2 aliphatic heterocycles. The molecule has 2 rings (SSSR count). The quantitative estimate of drug-likeness (QED) is 0.790. The first-order valence-electron chi connectivity index (χ1n) is 7.25. The van der Waals surface area contributed by atoms with E-state index in [1.54, 1.807) is 0 Å². The zero-order valence-corrected chi connectivity index (χ0v) is 11.1. The molecule has 2 atom stereocenters. The summed E-state index contributed by atoms with van der Waals surface area (Å²) in [5.74, 6) is 0.944. The lowest BCUT2D eigenvalue weighted by Gasteiger charge is -2.38. The zero-order valence-electron chi connectivity index (χ0n) is 11.1. The van der Waals surface area contributed by atoms with Crippen molar-refractivity contribution in [1.29, 1.82) is 0 Å². The molecular formula is C14H28N2. The van der Waals surface area contributed by atoms with Crippen LogP contribution in [0, 0.1) is 5.92 Å². The van der Waals surface area contributed by atoms with Crippen molar-refractivity contribution in [3.8, 4) is 0 Å². The minimum absolute atomic E-state index is 0.501. The molecule has 0 spiro atoms. The summed E-state index contributed by atoms with van der Waals surface area (Å²) in [6.07, 6.45) is 8.40. The topological polar surface area (TPSA) is 15.3 Å². The highest BCUT2D eigenvalue weighted by Gasteiger charge is 2.34.